The van der Waals surface area contributed by atoms with Crippen molar-refractivity contribution in [1.82, 2.24) is 0 Å². The molecule has 0 rings (SSSR count). The third-order valence-corrected chi connectivity index (χ3v) is 0. The summed E-state index contributed by atoms with van der Waals surface area (Å²) in [6.45, 7) is 0. The Bertz CT molecular complexity index is 3.61. The second kappa shape index (κ2) is 381. The molecule has 0 heterocycles. The van der Waals surface area contributed by atoms with Gasteiger partial charge in [-0.25, -0.2) is 0 Å². The molecule has 42 valence electrons. The molecule has 0 aromatic carbocycles. The number of hydrogen-bond donors (Lipinski definition) is 0. The van der Waals surface area contributed by atoms with Crippen LogP contribution in [-0.4, -0.2) is 21.9 Å². The van der Waals surface area contributed by atoms with Gasteiger partial charge < -0.3 is 21.9 Å². The quantitative estimate of drug-likeness (QED) is 0.297. The Labute approximate surface area is 39.9 Å². The first-order chi connectivity index (χ1) is 0. The van der Waals surface area contributed by atoms with Crippen molar-refractivity contribution in [3.05, 3.63) is 0 Å². The van der Waals surface area contributed by atoms with Gasteiger partial charge in [0.05, 0.1) is 0 Å². The predicted molar refractivity (Wildman–Crippen MR) is 17.2 cm³/mol. The minimum atomic E-state index is 0. The van der Waals surface area contributed by atoms with E-state index in [9.17, 15) is 0 Å². The molecule has 8 N–H and O–H groups in total. The van der Waals surface area contributed by atoms with Crippen LogP contribution in [0.15, 0.2) is 0 Å². The van der Waals surface area contributed by atoms with Crippen LogP contribution in [-0.2, 0) is 17.1 Å². The predicted octanol–water partition coefficient (Wildman–Crippen LogP) is -3.84. The average Bonchev–Trinajstić information content (AvgIpc) is 0. The Morgan fingerprint density at radius 1 is 0.400 bits per heavy atom. The standard InChI is InChI=1S/Fe.4H2O.2H/h;4*1H2;;. The van der Waals surface area contributed by atoms with Crippen LogP contribution in [0, 0.1) is 0 Å². The zero-order chi connectivity index (χ0) is 0. The topological polar surface area (TPSA) is 126 Å². The van der Waals surface area contributed by atoms with Crippen molar-refractivity contribution < 1.29 is 39.0 Å². The van der Waals surface area contributed by atoms with E-state index in [2.05, 4.69) is 0 Å². The third kappa shape index (κ3) is 188. The van der Waals surface area contributed by atoms with Gasteiger partial charge in [-0.15, -0.1) is 0 Å². The Hall–Kier alpha value is 0.359. The summed E-state index contributed by atoms with van der Waals surface area (Å²) in [5.74, 6) is 0. The van der Waals surface area contributed by atoms with E-state index in [1.54, 1.807) is 0 Å². The van der Waals surface area contributed by atoms with E-state index >= 15 is 0 Å². The van der Waals surface area contributed by atoms with Gasteiger partial charge in [0.15, 0.2) is 0 Å². The molecule has 0 fully saturated rings. The molecule has 0 spiro atoms. The van der Waals surface area contributed by atoms with Crippen molar-refractivity contribution in [2.24, 2.45) is 0 Å². The Kier molecular flexibility index (Phi) is 60000. The van der Waals surface area contributed by atoms with Crippen LogP contribution < -0.4 is 0 Å². The molecule has 0 aromatic heterocycles. The molecule has 5 heteroatoms. The van der Waals surface area contributed by atoms with Crippen LogP contribution in [0.4, 0.5) is 0 Å². The molecule has 0 saturated carbocycles. The fourth-order valence-corrected chi connectivity index (χ4v) is 0. The first-order valence-corrected chi connectivity index (χ1v) is 0. The molecule has 0 aromatic rings. The van der Waals surface area contributed by atoms with E-state index in [-0.39, 0.29) is 39.0 Å². The van der Waals surface area contributed by atoms with Gasteiger partial charge in [-0.05, 0) is 0 Å². The summed E-state index contributed by atoms with van der Waals surface area (Å²) in [5, 5.41) is 0. The molecule has 5 heavy (non-hydrogen) atoms. The zero-order valence-electron chi connectivity index (χ0n) is 2.41. The summed E-state index contributed by atoms with van der Waals surface area (Å²) in [7, 11) is 0. The zero-order valence-corrected chi connectivity index (χ0v) is 3.68. The molecule has 0 saturated heterocycles. The molecule has 0 atom stereocenters. The number of hydrogen-bond acceptors (Lipinski definition) is 0. The SMILES string of the molecule is O.O.O.O.[FeH2]. The molecule has 0 bridgehead atoms. The van der Waals surface area contributed by atoms with Gasteiger partial charge in [0.2, 0.25) is 0 Å². The van der Waals surface area contributed by atoms with Gasteiger partial charge in [0.1, 0.15) is 0 Å². The van der Waals surface area contributed by atoms with Crippen LogP contribution in [0.2, 0.25) is 0 Å². The van der Waals surface area contributed by atoms with Crippen molar-refractivity contribution in [1.29, 1.82) is 0 Å². The van der Waals surface area contributed by atoms with Crippen molar-refractivity contribution in [2.75, 3.05) is 0 Å². The van der Waals surface area contributed by atoms with Gasteiger partial charge in [-0.2, -0.15) is 0 Å². The Morgan fingerprint density at radius 3 is 0.400 bits per heavy atom. The average molecular weight is 130 g/mol. The van der Waals surface area contributed by atoms with E-state index in [0.717, 1.165) is 0 Å². The van der Waals surface area contributed by atoms with E-state index in [1.165, 1.54) is 0 Å². The molecule has 0 aliphatic rings. The van der Waals surface area contributed by atoms with E-state index in [4.69, 9.17) is 0 Å². The monoisotopic (exact) mass is 130 g/mol. The molecule has 0 aliphatic carbocycles. The van der Waals surface area contributed by atoms with E-state index in [0.29, 0.717) is 0 Å². The maximum absolute atomic E-state index is 0. The summed E-state index contributed by atoms with van der Waals surface area (Å²) in [6.07, 6.45) is 0. The van der Waals surface area contributed by atoms with E-state index in [1.807, 2.05) is 0 Å². The second-order valence-corrected chi connectivity index (χ2v) is 0. The first-order valence-electron chi connectivity index (χ1n) is 0. The fraction of sp³-hybridized carbons (Fsp3) is 0. The van der Waals surface area contributed by atoms with Crippen molar-refractivity contribution in [2.45, 2.75) is 0 Å². The van der Waals surface area contributed by atoms with Gasteiger partial charge in [-0.3, -0.25) is 0 Å². The maximum atomic E-state index is 0. The summed E-state index contributed by atoms with van der Waals surface area (Å²) < 4.78 is 0. The van der Waals surface area contributed by atoms with Crippen LogP contribution >= 0.6 is 0 Å². The molecule has 0 radical (unpaired) electrons. The molecular weight excluding hydrogens is 120 g/mol. The van der Waals surface area contributed by atoms with Crippen LogP contribution in [0.5, 0.6) is 0 Å². The minimum absolute atomic E-state index is 0. The summed E-state index contributed by atoms with van der Waals surface area (Å²) in [5.41, 5.74) is 0. The van der Waals surface area contributed by atoms with Gasteiger partial charge >= 0.3 is 17.1 Å². The first kappa shape index (κ1) is 788. The molecular formula is H10FeO4. The van der Waals surface area contributed by atoms with Gasteiger partial charge in [-0.1, -0.05) is 0 Å². The summed E-state index contributed by atoms with van der Waals surface area (Å²) in [6, 6.07) is 0. The van der Waals surface area contributed by atoms with Crippen LogP contribution in [0.1, 0.15) is 0 Å². The van der Waals surface area contributed by atoms with Crippen molar-refractivity contribution in [3.63, 3.8) is 0 Å². The third-order valence-electron chi connectivity index (χ3n) is 0. The van der Waals surface area contributed by atoms with E-state index < -0.39 is 0 Å². The molecule has 0 amide bonds. The molecule has 0 unspecified atom stereocenters. The normalized spacial score (nSPS) is 0. The van der Waals surface area contributed by atoms with Crippen molar-refractivity contribution in [3.8, 4) is 0 Å². The second-order valence-electron chi connectivity index (χ2n) is 0. The van der Waals surface area contributed by atoms with Gasteiger partial charge in [0.25, 0.3) is 0 Å². The summed E-state index contributed by atoms with van der Waals surface area (Å²) in [4.78, 5) is 0. The number of rotatable bonds is 0. The van der Waals surface area contributed by atoms with Crippen LogP contribution in [0.25, 0.3) is 0 Å². The van der Waals surface area contributed by atoms with Gasteiger partial charge in [0, 0.05) is 0 Å². The van der Waals surface area contributed by atoms with Crippen LogP contribution in [0.3, 0.4) is 0 Å². The summed E-state index contributed by atoms with van der Waals surface area (Å²) >= 11 is 0. The van der Waals surface area contributed by atoms with Crippen molar-refractivity contribution >= 4 is 0 Å². The fourth-order valence-electron chi connectivity index (χ4n) is 0. The molecule has 4 nitrogen and oxygen atoms in total. The Morgan fingerprint density at radius 2 is 0.400 bits per heavy atom. The molecule has 0 aliphatic heterocycles. The Balaban J connectivity index is 0.